The molecule has 0 saturated carbocycles. The number of hydrogen-bond donors (Lipinski definition) is 0. The Morgan fingerprint density at radius 1 is 0.253 bits per heavy atom. The summed E-state index contributed by atoms with van der Waals surface area (Å²) in [7, 11) is 0. The Morgan fingerprint density at radius 2 is 0.405 bits per heavy atom. The number of allylic oxidation sites excluding steroid dienone is 6. The van der Waals surface area contributed by atoms with Gasteiger partial charge in [-0.3, -0.25) is 0 Å². The standard InChI is InChI=1S/C78H69N/c1-10-19-70(49-37-64-31-25-61(16-7)26-32-64)73(22-13-4)52-40-67-43-55-76(56-44-67)79(77-57-45-68(46-58-77)41-53-74(23-14-5)71(20-11-2)50-38-65-33-27-62(17-8)28-34-65)78-59-47-69(48-60-78)42-54-75(24-15-6)72(21-12-3)51-39-66-35-29-63(18-9)30-36-66/h7-9,25-36,43-48,55-60H,10-15,19-24H2,1-6H3/b73-70+,74-71+,75-72+. The molecule has 1 nitrogen and oxygen atoms in total. The Balaban J connectivity index is 1.37. The smallest absolute Gasteiger partial charge is 0.0462 e. The number of anilines is 3. The highest BCUT2D eigenvalue weighted by molar-refractivity contribution is 5.77. The zero-order chi connectivity index (χ0) is 56.0. The van der Waals surface area contributed by atoms with Crippen molar-refractivity contribution in [2.24, 2.45) is 0 Å². The number of benzene rings is 6. The van der Waals surface area contributed by atoms with Crippen molar-refractivity contribution in [3.05, 3.63) is 229 Å². The van der Waals surface area contributed by atoms with E-state index in [0.29, 0.717) is 0 Å². The fourth-order valence-corrected chi connectivity index (χ4v) is 8.60. The number of hydrogen-bond acceptors (Lipinski definition) is 1. The summed E-state index contributed by atoms with van der Waals surface area (Å²) in [6.45, 7) is 13.1. The van der Waals surface area contributed by atoms with Gasteiger partial charge in [0, 0.05) is 101 Å². The first kappa shape index (κ1) is 58.6. The molecule has 0 aromatic heterocycles. The Kier molecular flexibility index (Phi) is 23.8. The summed E-state index contributed by atoms with van der Waals surface area (Å²) in [4.78, 5) is 2.26. The van der Waals surface area contributed by atoms with E-state index in [1.807, 2.05) is 72.8 Å². The third kappa shape index (κ3) is 18.3. The van der Waals surface area contributed by atoms with Gasteiger partial charge in [0.1, 0.15) is 0 Å². The third-order valence-corrected chi connectivity index (χ3v) is 12.8. The monoisotopic (exact) mass is 1020 g/mol. The molecule has 0 spiro atoms. The average molecular weight is 1020 g/mol. The molecule has 0 amide bonds. The molecule has 0 unspecified atom stereocenters. The Hall–Kier alpha value is -9.62. The molecule has 0 aliphatic carbocycles. The van der Waals surface area contributed by atoms with Crippen LogP contribution < -0.4 is 4.90 Å². The minimum Gasteiger partial charge on any atom is -0.311 e. The number of terminal acetylenes is 3. The van der Waals surface area contributed by atoms with E-state index in [9.17, 15) is 0 Å². The van der Waals surface area contributed by atoms with Crippen molar-refractivity contribution in [3.63, 3.8) is 0 Å². The molecule has 0 N–H and O–H groups in total. The summed E-state index contributed by atoms with van der Waals surface area (Å²) < 4.78 is 0. The fraction of sp³-hybridized carbons (Fsp3) is 0.231. The normalized spacial score (nSPS) is 11.0. The van der Waals surface area contributed by atoms with Crippen molar-refractivity contribution in [2.45, 2.75) is 119 Å². The number of rotatable bonds is 15. The maximum Gasteiger partial charge on any atom is 0.0462 e. The van der Waals surface area contributed by atoms with E-state index in [0.717, 1.165) is 178 Å². The van der Waals surface area contributed by atoms with Gasteiger partial charge in [0.05, 0.1) is 0 Å². The van der Waals surface area contributed by atoms with Gasteiger partial charge in [-0.05, 0) is 184 Å². The van der Waals surface area contributed by atoms with E-state index >= 15 is 0 Å². The van der Waals surface area contributed by atoms with Crippen molar-refractivity contribution in [2.75, 3.05) is 4.90 Å². The molecule has 0 aliphatic heterocycles. The molecular weight excluding hydrogens is 951 g/mol. The van der Waals surface area contributed by atoms with Crippen LogP contribution in [0.4, 0.5) is 17.1 Å². The molecule has 386 valence electrons. The largest absolute Gasteiger partial charge is 0.311 e. The maximum atomic E-state index is 5.59. The number of nitrogens with zero attached hydrogens (tertiary/aromatic N) is 1. The lowest BCUT2D eigenvalue weighted by molar-refractivity contribution is 0.879. The quantitative estimate of drug-likeness (QED) is 0.0927. The summed E-state index contributed by atoms with van der Waals surface area (Å²) in [5.74, 6) is 49.7. The first-order valence-corrected chi connectivity index (χ1v) is 27.8. The van der Waals surface area contributed by atoms with Gasteiger partial charge >= 0.3 is 0 Å². The SMILES string of the molecule is C#Cc1ccc(C#C/C(CCC)=C(/C#Cc2ccc(N(c3ccc(C#C/C(CCC)=C(/C#Cc4ccc(C#C)cc4)CCC)cc3)c3ccc(C#C/C(CCC)=C(/C#Cc4ccc(C#C)cc4)CCC)cc3)cc2)CCC)cc1. The van der Waals surface area contributed by atoms with Crippen molar-refractivity contribution in [1.82, 2.24) is 0 Å². The van der Waals surface area contributed by atoms with Crippen LogP contribution in [0.25, 0.3) is 0 Å². The molecule has 6 aromatic carbocycles. The summed E-state index contributed by atoms with van der Waals surface area (Å²) in [6, 6.07) is 48.9. The molecule has 6 rings (SSSR count). The second kappa shape index (κ2) is 32.1. The van der Waals surface area contributed by atoms with Gasteiger partial charge in [0.2, 0.25) is 0 Å². The highest BCUT2D eigenvalue weighted by atomic mass is 15.1. The third-order valence-electron chi connectivity index (χ3n) is 12.8. The van der Waals surface area contributed by atoms with Gasteiger partial charge in [-0.15, -0.1) is 19.3 Å². The molecule has 0 aliphatic rings. The van der Waals surface area contributed by atoms with Crippen molar-refractivity contribution >= 4 is 17.1 Å². The summed E-state index contributed by atoms with van der Waals surface area (Å²) in [5.41, 5.74) is 17.6. The fourth-order valence-electron chi connectivity index (χ4n) is 8.60. The average Bonchev–Trinajstić information content (AvgIpc) is 3.51. The topological polar surface area (TPSA) is 3.24 Å². The van der Waals surface area contributed by atoms with Crippen molar-refractivity contribution in [1.29, 1.82) is 0 Å². The van der Waals surface area contributed by atoms with E-state index in [-0.39, 0.29) is 0 Å². The minimum absolute atomic E-state index is 0.843. The Labute approximate surface area is 475 Å². The van der Waals surface area contributed by atoms with E-state index in [1.54, 1.807) is 0 Å². The molecule has 0 saturated heterocycles. The molecule has 0 fully saturated rings. The lowest BCUT2D eigenvalue weighted by Crippen LogP contribution is -2.10. The van der Waals surface area contributed by atoms with Crippen molar-refractivity contribution in [3.8, 4) is 108 Å². The minimum atomic E-state index is 0.843. The summed E-state index contributed by atoms with van der Waals surface area (Å²) in [6.07, 6.45) is 27.8. The molecule has 0 atom stereocenters. The van der Waals surface area contributed by atoms with Gasteiger partial charge in [0.15, 0.2) is 0 Å². The molecule has 0 radical (unpaired) electrons. The van der Waals surface area contributed by atoms with Gasteiger partial charge in [0.25, 0.3) is 0 Å². The molecule has 0 heterocycles. The Bertz CT molecular complexity index is 3260. The van der Waals surface area contributed by atoms with Crippen LogP contribution in [0.1, 0.15) is 169 Å². The van der Waals surface area contributed by atoms with Crippen LogP contribution >= 0.6 is 0 Å². The van der Waals surface area contributed by atoms with Crippen LogP contribution in [0.3, 0.4) is 0 Å². The summed E-state index contributed by atoms with van der Waals surface area (Å²) >= 11 is 0. The second-order valence-corrected chi connectivity index (χ2v) is 19.0. The molecule has 0 bridgehead atoms. The molecule has 79 heavy (non-hydrogen) atoms. The van der Waals surface area contributed by atoms with Crippen LogP contribution in [0, 0.1) is 108 Å². The maximum absolute atomic E-state index is 5.59. The van der Waals surface area contributed by atoms with E-state index in [2.05, 4.69) is 208 Å². The molecular formula is C78H69N. The molecule has 6 aromatic rings. The lowest BCUT2D eigenvalue weighted by atomic mass is 9.99. The first-order valence-electron chi connectivity index (χ1n) is 27.8. The van der Waals surface area contributed by atoms with Crippen LogP contribution in [0.2, 0.25) is 0 Å². The van der Waals surface area contributed by atoms with Crippen LogP contribution in [-0.4, -0.2) is 0 Å². The predicted molar refractivity (Wildman–Crippen MR) is 336 cm³/mol. The highest BCUT2D eigenvalue weighted by Gasteiger charge is 2.13. The van der Waals surface area contributed by atoms with E-state index in [1.165, 1.54) is 0 Å². The van der Waals surface area contributed by atoms with E-state index in [4.69, 9.17) is 19.3 Å². The van der Waals surface area contributed by atoms with Gasteiger partial charge < -0.3 is 4.90 Å². The van der Waals surface area contributed by atoms with Crippen LogP contribution in [-0.2, 0) is 0 Å². The second-order valence-electron chi connectivity index (χ2n) is 19.0. The first-order chi connectivity index (χ1) is 38.7. The van der Waals surface area contributed by atoms with Gasteiger partial charge in [-0.2, -0.15) is 0 Å². The lowest BCUT2D eigenvalue weighted by Gasteiger charge is -2.25. The zero-order valence-electron chi connectivity index (χ0n) is 47.0. The molecule has 1 heteroatoms. The van der Waals surface area contributed by atoms with Gasteiger partial charge in [-0.25, -0.2) is 0 Å². The van der Waals surface area contributed by atoms with Crippen LogP contribution in [0.15, 0.2) is 179 Å². The Morgan fingerprint density at radius 3 is 0.557 bits per heavy atom. The van der Waals surface area contributed by atoms with Crippen LogP contribution in [0.5, 0.6) is 0 Å². The summed E-state index contributed by atoms with van der Waals surface area (Å²) in [5, 5.41) is 0. The van der Waals surface area contributed by atoms with E-state index < -0.39 is 0 Å². The zero-order valence-corrected chi connectivity index (χ0v) is 47.0. The highest BCUT2D eigenvalue weighted by Crippen LogP contribution is 2.35. The van der Waals surface area contributed by atoms with Gasteiger partial charge in [-0.1, -0.05) is 169 Å². The predicted octanol–water partition coefficient (Wildman–Crippen LogP) is 18.0. The van der Waals surface area contributed by atoms with Crippen molar-refractivity contribution < 1.29 is 0 Å².